The molecule has 0 amide bonds. The van der Waals surface area contributed by atoms with E-state index in [2.05, 4.69) is 32.6 Å². The van der Waals surface area contributed by atoms with Gasteiger partial charge in [0.2, 0.25) is 0 Å². The van der Waals surface area contributed by atoms with Crippen LogP contribution in [0.25, 0.3) is 0 Å². The van der Waals surface area contributed by atoms with E-state index in [9.17, 15) is 0 Å². The Bertz CT molecular complexity index is 171. The molecule has 0 aliphatic carbocycles. The van der Waals surface area contributed by atoms with E-state index in [0.29, 0.717) is 11.5 Å². The highest BCUT2D eigenvalue weighted by Gasteiger charge is 2.30. The zero-order chi connectivity index (χ0) is 11.5. The minimum atomic E-state index is 0.483. The standard InChI is InChI=1S/C13H28N2/c1-5-12(10-14)15-8-6-11(7-9-15)13(2,3)4/h11-12H,5-10,14H2,1-4H3. The second-order valence-electron chi connectivity index (χ2n) is 5.97. The lowest BCUT2D eigenvalue weighted by molar-refractivity contribution is 0.0834. The van der Waals surface area contributed by atoms with E-state index in [1.54, 1.807) is 0 Å². The number of likely N-dealkylation sites (tertiary alicyclic amines) is 1. The zero-order valence-electron chi connectivity index (χ0n) is 10.9. The topological polar surface area (TPSA) is 29.3 Å². The molecule has 1 fully saturated rings. The lowest BCUT2D eigenvalue weighted by atomic mass is 9.75. The number of piperidine rings is 1. The molecule has 2 heteroatoms. The van der Waals surface area contributed by atoms with Crippen LogP contribution >= 0.6 is 0 Å². The number of nitrogens with zero attached hydrogens (tertiary/aromatic N) is 1. The molecule has 0 radical (unpaired) electrons. The summed E-state index contributed by atoms with van der Waals surface area (Å²) in [5.74, 6) is 0.893. The third kappa shape index (κ3) is 3.46. The van der Waals surface area contributed by atoms with Crippen molar-refractivity contribution >= 4 is 0 Å². The summed E-state index contributed by atoms with van der Waals surface area (Å²) in [4.78, 5) is 2.59. The molecule has 1 heterocycles. The molecule has 1 rings (SSSR count). The van der Waals surface area contributed by atoms with Crippen LogP contribution in [0.2, 0.25) is 0 Å². The normalized spacial score (nSPS) is 23.0. The van der Waals surface area contributed by atoms with Gasteiger partial charge in [-0.05, 0) is 43.7 Å². The van der Waals surface area contributed by atoms with Gasteiger partial charge in [0, 0.05) is 12.6 Å². The minimum Gasteiger partial charge on any atom is -0.329 e. The lowest BCUT2D eigenvalue weighted by Gasteiger charge is -2.41. The molecular weight excluding hydrogens is 184 g/mol. The maximum absolute atomic E-state index is 5.79. The van der Waals surface area contributed by atoms with Crippen LogP contribution in [0.15, 0.2) is 0 Å². The van der Waals surface area contributed by atoms with Crippen molar-refractivity contribution in [3.8, 4) is 0 Å². The molecule has 0 saturated carbocycles. The van der Waals surface area contributed by atoms with E-state index < -0.39 is 0 Å². The van der Waals surface area contributed by atoms with E-state index in [4.69, 9.17) is 5.73 Å². The van der Waals surface area contributed by atoms with E-state index in [0.717, 1.165) is 12.5 Å². The van der Waals surface area contributed by atoms with Gasteiger partial charge in [-0.2, -0.15) is 0 Å². The van der Waals surface area contributed by atoms with Crippen molar-refractivity contribution in [1.29, 1.82) is 0 Å². The van der Waals surface area contributed by atoms with Crippen molar-refractivity contribution in [2.75, 3.05) is 19.6 Å². The summed E-state index contributed by atoms with van der Waals surface area (Å²) >= 11 is 0. The SMILES string of the molecule is CCC(CN)N1CCC(C(C)(C)C)CC1. The third-order valence-electron chi connectivity index (χ3n) is 4.01. The molecule has 1 aliphatic heterocycles. The van der Waals surface area contributed by atoms with Crippen molar-refractivity contribution in [1.82, 2.24) is 4.90 Å². The lowest BCUT2D eigenvalue weighted by Crippen LogP contribution is -2.46. The molecule has 1 aliphatic rings. The number of hydrogen-bond acceptors (Lipinski definition) is 2. The van der Waals surface area contributed by atoms with Crippen LogP contribution in [0.5, 0.6) is 0 Å². The Labute approximate surface area is 95.2 Å². The summed E-state index contributed by atoms with van der Waals surface area (Å²) in [5, 5.41) is 0. The number of nitrogens with two attached hydrogens (primary N) is 1. The van der Waals surface area contributed by atoms with Gasteiger partial charge >= 0.3 is 0 Å². The summed E-state index contributed by atoms with van der Waals surface area (Å²) in [7, 11) is 0. The van der Waals surface area contributed by atoms with Crippen LogP contribution < -0.4 is 5.73 Å². The van der Waals surface area contributed by atoms with Crippen molar-refractivity contribution < 1.29 is 0 Å². The second-order valence-corrected chi connectivity index (χ2v) is 5.97. The summed E-state index contributed by atoms with van der Waals surface area (Å²) in [6, 6.07) is 0.617. The maximum atomic E-state index is 5.79. The average molecular weight is 212 g/mol. The maximum Gasteiger partial charge on any atom is 0.0215 e. The van der Waals surface area contributed by atoms with E-state index in [1.807, 2.05) is 0 Å². The third-order valence-corrected chi connectivity index (χ3v) is 4.01. The van der Waals surface area contributed by atoms with Crippen LogP contribution in [0.1, 0.15) is 47.0 Å². The molecule has 0 aromatic heterocycles. The Morgan fingerprint density at radius 1 is 1.27 bits per heavy atom. The number of rotatable bonds is 3. The summed E-state index contributed by atoms with van der Waals surface area (Å²) in [6.45, 7) is 12.7. The van der Waals surface area contributed by atoms with Gasteiger partial charge in [-0.1, -0.05) is 27.7 Å². The molecule has 0 bridgehead atoms. The molecule has 0 aromatic carbocycles. The average Bonchev–Trinajstić information content (AvgIpc) is 2.19. The molecule has 0 aromatic rings. The van der Waals surface area contributed by atoms with E-state index >= 15 is 0 Å². The molecule has 1 unspecified atom stereocenters. The van der Waals surface area contributed by atoms with Crippen molar-refractivity contribution in [3.05, 3.63) is 0 Å². The van der Waals surface area contributed by atoms with Crippen LogP contribution in [0, 0.1) is 11.3 Å². The quantitative estimate of drug-likeness (QED) is 0.779. The predicted octanol–water partition coefficient (Wildman–Crippen LogP) is 2.48. The number of hydrogen-bond donors (Lipinski definition) is 1. The molecule has 2 nitrogen and oxygen atoms in total. The molecule has 90 valence electrons. The zero-order valence-corrected chi connectivity index (χ0v) is 10.9. The first-order valence-corrected chi connectivity index (χ1v) is 6.43. The van der Waals surface area contributed by atoms with Crippen LogP contribution in [-0.4, -0.2) is 30.6 Å². The molecular formula is C13H28N2. The molecule has 1 atom stereocenters. The van der Waals surface area contributed by atoms with Crippen LogP contribution in [-0.2, 0) is 0 Å². The summed E-state index contributed by atoms with van der Waals surface area (Å²) in [5.41, 5.74) is 6.28. The Morgan fingerprint density at radius 3 is 2.13 bits per heavy atom. The van der Waals surface area contributed by atoms with E-state index in [1.165, 1.54) is 32.4 Å². The first kappa shape index (κ1) is 13.0. The molecule has 2 N–H and O–H groups in total. The highest BCUT2D eigenvalue weighted by atomic mass is 15.2. The Hall–Kier alpha value is -0.0800. The molecule has 0 spiro atoms. The van der Waals surface area contributed by atoms with Gasteiger partial charge < -0.3 is 5.73 Å². The van der Waals surface area contributed by atoms with Crippen molar-refractivity contribution in [2.45, 2.75) is 53.0 Å². The molecule has 1 saturated heterocycles. The highest BCUT2D eigenvalue weighted by Crippen LogP contribution is 2.34. The fourth-order valence-corrected chi connectivity index (χ4v) is 2.70. The highest BCUT2D eigenvalue weighted by molar-refractivity contribution is 4.83. The van der Waals surface area contributed by atoms with Gasteiger partial charge in [0.15, 0.2) is 0 Å². The molecule has 15 heavy (non-hydrogen) atoms. The van der Waals surface area contributed by atoms with Crippen molar-refractivity contribution in [2.24, 2.45) is 17.1 Å². The van der Waals surface area contributed by atoms with Gasteiger partial charge in [0.25, 0.3) is 0 Å². The first-order valence-electron chi connectivity index (χ1n) is 6.43. The Balaban J connectivity index is 2.42. The Morgan fingerprint density at radius 2 is 1.80 bits per heavy atom. The van der Waals surface area contributed by atoms with Gasteiger partial charge in [-0.3, -0.25) is 4.90 Å². The summed E-state index contributed by atoms with van der Waals surface area (Å²) in [6.07, 6.45) is 3.89. The first-order chi connectivity index (χ1) is 6.99. The van der Waals surface area contributed by atoms with E-state index in [-0.39, 0.29) is 0 Å². The van der Waals surface area contributed by atoms with Gasteiger partial charge in [-0.25, -0.2) is 0 Å². The van der Waals surface area contributed by atoms with Gasteiger partial charge in [0.05, 0.1) is 0 Å². The minimum absolute atomic E-state index is 0.483. The summed E-state index contributed by atoms with van der Waals surface area (Å²) < 4.78 is 0. The smallest absolute Gasteiger partial charge is 0.0215 e. The predicted molar refractivity (Wildman–Crippen MR) is 66.9 cm³/mol. The Kier molecular flexibility index (Phi) is 4.60. The monoisotopic (exact) mass is 212 g/mol. The van der Waals surface area contributed by atoms with Crippen LogP contribution in [0.4, 0.5) is 0 Å². The van der Waals surface area contributed by atoms with Crippen LogP contribution in [0.3, 0.4) is 0 Å². The van der Waals surface area contributed by atoms with Gasteiger partial charge in [0.1, 0.15) is 0 Å². The largest absolute Gasteiger partial charge is 0.329 e. The van der Waals surface area contributed by atoms with Crippen molar-refractivity contribution in [3.63, 3.8) is 0 Å². The second kappa shape index (κ2) is 5.31. The van der Waals surface area contributed by atoms with Gasteiger partial charge in [-0.15, -0.1) is 0 Å². The fourth-order valence-electron chi connectivity index (χ4n) is 2.70. The fraction of sp³-hybridized carbons (Fsp3) is 1.00.